The van der Waals surface area contributed by atoms with E-state index < -0.39 is 5.91 Å². The molecule has 0 spiro atoms. The molecule has 2 N–H and O–H groups in total. The summed E-state index contributed by atoms with van der Waals surface area (Å²) in [4.78, 5) is 26.2. The molecule has 30 heavy (non-hydrogen) atoms. The number of nitrogens with zero attached hydrogens (tertiary/aromatic N) is 4. The number of hydrogen-bond donors (Lipinski definition) is 1. The number of aryl methyl sites for hydroxylation is 1. The molecule has 0 bridgehead atoms. The van der Waals surface area contributed by atoms with Gasteiger partial charge < -0.3 is 15.1 Å². The Balaban J connectivity index is 1.55. The molecule has 0 radical (unpaired) electrons. The van der Waals surface area contributed by atoms with Gasteiger partial charge in [-0.25, -0.2) is 0 Å². The van der Waals surface area contributed by atoms with Gasteiger partial charge in [0.1, 0.15) is 11.6 Å². The average Bonchev–Trinajstić information content (AvgIpc) is 3.39. The smallest absolute Gasteiger partial charge is 0.240 e. The first kappa shape index (κ1) is 20.2. The third-order valence-electron chi connectivity index (χ3n) is 4.99. The maximum absolute atomic E-state index is 13.1. The Morgan fingerprint density at radius 2 is 2.03 bits per heavy atom. The molecule has 1 fully saturated rings. The van der Waals surface area contributed by atoms with Crippen molar-refractivity contribution < 1.29 is 14.0 Å². The molecule has 0 aliphatic carbocycles. The van der Waals surface area contributed by atoms with Crippen LogP contribution in [-0.2, 0) is 22.6 Å². The van der Waals surface area contributed by atoms with Gasteiger partial charge in [-0.05, 0) is 37.1 Å². The Hall–Kier alpha value is -3.07. The molecule has 1 saturated heterocycles. The minimum atomic E-state index is -0.391. The Morgan fingerprint density at radius 3 is 2.77 bits per heavy atom. The van der Waals surface area contributed by atoms with Crippen molar-refractivity contribution in [3.05, 3.63) is 60.3 Å². The number of primary amides is 1. The number of rotatable bonds is 8. The first-order chi connectivity index (χ1) is 14.6. The quantitative estimate of drug-likeness (QED) is 0.594. The molecule has 4 rings (SSSR count). The molecule has 1 unspecified atom stereocenters. The summed E-state index contributed by atoms with van der Waals surface area (Å²) in [6.07, 6.45) is 3.87. The Kier molecular flexibility index (Phi) is 6.18. The maximum Gasteiger partial charge on any atom is 0.240 e. The molecule has 3 aromatic rings. The van der Waals surface area contributed by atoms with Crippen LogP contribution in [0.3, 0.4) is 0 Å². The van der Waals surface area contributed by atoms with Crippen molar-refractivity contribution in [2.24, 2.45) is 5.73 Å². The second kappa shape index (κ2) is 9.17. The first-order valence-corrected chi connectivity index (χ1v) is 10.8. The molecule has 156 valence electrons. The third-order valence-corrected chi connectivity index (χ3v) is 6.22. The molecule has 8 nitrogen and oxygen atoms in total. The molecule has 2 amide bonds. The maximum atomic E-state index is 13.1. The van der Waals surface area contributed by atoms with E-state index in [1.807, 2.05) is 51.9 Å². The number of nitrogens with two attached hydrogens (primary N) is 1. The number of carbonyl (C=O) groups excluding carboxylic acids is 2. The number of amides is 2. The van der Waals surface area contributed by atoms with Gasteiger partial charge in [0.2, 0.25) is 11.8 Å². The van der Waals surface area contributed by atoms with Gasteiger partial charge in [-0.3, -0.25) is 14.2 Å². The van der Waals surface area contributed by atoms with E-state index in [0.717, 1.165) is 24.3 Å². The van der Waals surface area contributed by atoms with Crippen LogP contribution in [0.5, 0.6) is 0 Å². The summed E-state index contributed by atoms with van der Waals surface area (Å²) in [5, 5.41) is 8.96. The van der Waals surface area contributed by atoms with Crippen molar-refractivity contribution in [2.75, 3.05) is 11.4 Å². The molecule has 1 atom stereocenters. The summed E-state index contributed by atoms with van der Waals surface area (Å²) in [5.41, 5.74) is 6.21. The summed E-state index contributed by atoms with van der Waals surface area (Å²) in [6, 6.07) is 13.4. The summed E-state index contributed by atoms with van der Waals surface area (Å²) in [6.45, 7) is 1.14. The van der Waals surface area contributed by atoms with Crippen molar-refractivity contribution in [1.29, 1.82) is 0 Å². The largest absolute Gasteiger partial charge is 0.467 e. The zero-order chi connectivity index (χ0) is 20.9. The number of carbonyl (C=O) groups is 2. The number of para-hydroxylation sites is 1. The van der Waals surface area contributed by atoms with Gasteiger partial charge in [0.05, 0.1) is 18.1 Å². The lowest BCUT2D eigenvalue weighted by Gasteiger charge is -2.31. The molecule has 2 aromatic heterocycles. The van der Waals surface area contributed by atoms with Crippen LogP contribution in [0.1, 0.15) is 30.8 Å². The summed E-state index contributed by atoms with van der Waals surface area (Å²) >= 11 is 1.41. The normalized spacial score (nSPS) is 16.7. The molecule has 1 aromatic carbocycles. The topological polar surface area (TPSA) is 107 Å². The van der Waals surface area contributed by atoms with Crippen molar-refractivity contribution in [3.63, 3.8) is 0 Å². The van der Waals surface area contributed by atoms with E-state index in [9.17, 15) is 9.59 Å². The fourth-order valence-electron chi connectivity index (χ4n) is 3.49. The number of piperidine rings is 1. The van der Waals surface area contributed by atoms with E-state index in [0.29, 0.717) is 30.5 Å². The third kappa shape index (κ3) is 4.56. The van der Waals surface area contributed by atoms with E-state index in [1.165, 1.54) is 11.8 Å². The number of thioether (sulfide) groups is 1. The van der Waals surface area contributed by atoms with Gasteiger partial charge in [-0.1, -0.05) is 30.0 Å². The molecule has 3 heterocycles. The second-order valence-electron chi connectivity index (χ2n) is 7.10. The van der Waals surface area contributed by atoms with E-state index >= 15 is 0 Å². The standard InChI is InChI=1S/C21H23N5O3S/c22-18(27)10-11-19-23-24-21(26(19)14-16-8-5-13-29-16)30-17-9-4-12-25(20(17)28)15-6-2-1-3-7-15/h1-3,5-8,13,17H,4,9-12,14H2,(H2,22,27). The van der Waals surface area contributed by atoms with Gasteiger partial charge in [-0.2, -0.15) is 0 Å². The van der Waals surface area contributed by atoms with Crippen molar-refractivity contribution in [2.45, 2.75) is 42.6 Å². The van der Waals surface area contributed by atoms with Crippen LogP contribution in [0.15, 0.2) is 58.3 Å². The zero-order valence-corrected chi connectivity index (χ0v) is 17.3. The SMILES string of the molecule is NC(=O)CCc1nnc(SC2CCCN(c3ccccc3)C2=O)n1Cc1ccco1. The van der Waals surface area contributed by atoms with Crippen LogP contribution in [-0.4, -0.2) is 38.4 Å². The fraction of sp³-hybridized carbons (Fsp3) is 0.333. The van der Waals surface area contributed by atoms with Gasteiger partial charge >= 0.3 is 0 Å². The van der Waals surface area contributed by atoms with Gasteiger partial charge in [0.15, 0.2) is 5.16 Å². The molecular weight excluding hydrogens is 402 g/mol. The molecule has 1 aliphatic rings. The second-order valence-corrected chi connectivity index (χ2v) is 8.27. The number of anilines is 1. The van der Waals surface area contributed by atoms with Gasteiger partial charge in [-0.15, -0.1) is 10.2 Å². The lowest BCUT2D eigenvalue weighted by molar-refractivity contribution is -0.119. The summed E-state index contributed by atoms with van der Waals surface area (Å²) in [7, 11) is 0. The first-order valence-electron chi connectivity index (χ1n) is 9.87. The van der Waals surface area contributed by atoms with E-state index in [2.05, 4.69) is 10.2 Å². The van der Waals surface area contributed by atoms with Crippen LogP contribution < -0.4 is 10.6 Å². The molecule has 0 saturated carbocycles. The lowest BCUT2D eigenvalue weighted by atomic mass is 10.1. The van der Waals surface area contributed by atoms with Crippen LogP contribution >= 0.6 is 11.8 Å². The summed E-state index contributed by atoms with van der Waals surface area (Å²) < 4.78 is 7.38. The Bertz CT molecular complexity index is 1000. The molecule has 1 aliphatic heterocycles. The average molecular weight is 426 g/mol. The van der Waals surface area contributed by atoms with Crippen LogP contribution in [0.25, 0.3) is 0 Å². The van der Waals surface area contributed by atoms with E-state index in [4.69, 9.17) is 10.2 Å². The summed E-state index contributed by atoms with van der Waals surface area (Å²) in [5.74, 6) is 1.08. The van der Waals surface area contributed by atoms with Crippen LogP contribution in [0, 0.1) is 0 Å². The lowest BCUT2D eigenvalue weighted by Crippen LogP contribution is -2.43. The van der Waals surface area contributed by atoms with Gasteiger partial charge in [0, 0.05) is 25.1 Å². The van der Waals surface area contributed by atoms with Gasteiger partial charge in [0.25, 0.3) is 0 Å². The van der Waals surface area contributed by atoms with E-state index in [1.54, 1.807) is 6.26 Å². The number of aromatic nitrogens is 3. The highest BCUT2D eigenvalue weighted by Gasteiger charge is 2.32. The number of hydrogen-bond acceptors (Lipinski definition) is 6. The monoisotopic (exact) mass is 425 g/mol. The molecular formula is C21H23N5O3S. The van der Waals surface area contributed by atoms with Crippen molar-refractivity contribution >= 4 is 29.3 Å². The highest BCUT2D eigenvalue weighted by atomic mass is 32.2. The Morgan fingerprint density at radius 1 is 1.20 bits per heavy atom. The van der Waals surface area contributed by atoms with Crippen LogP contribution in [0.4, 0.5) is 5.69 Å². The highest BCUT2D eigenvalue weighted by Crippen LogP contribution is 2.32. The fourth-order valence-corrected chi connectivity index (χ4v) is 4.64. The predicted octanol–water partition coefficient (Wildman–Crippen LogP) is 2.63. The van der Waals surface area contributed by atoms with E-state index in [-0.39, 0.29) is 17.6 Å². The minimum absolute atomic E-state index is 0.0729. The number of furan rings is 1. The predicted molar refractivity (Wildman–Crippen MR) is 113 cm³/mol. The van der Waals surface area contributed by atoms with Crippen LogP contribution in [0.2, 0.25) is 0 Å². The number of benzene rings is 1. The zero-order valence-electron chi connectivity index (χ0n) is 16.4. The van der Waals surface area contributed by atoms with Crippen molar-refractivity contribution in [3.8, 4) is 0 Å². The van der Waals surface area contributed by atoms with Crippen molar-refractivity contribution in [1.82, 2.24) is 14.8 Å². The minimum Gasteiger partial charge on any atom is -0.467 e. The molecule has 9 heteroatoms. The highest BCUT2D eigenvalue weighted by molar-refractivity contribution is 8.00. The Labute approximate surface area is 178 Å².